The predicted octanol–water partition coefficient (Wildman–Crippen LogP) is 1.00. The molecule has 0 aliphatic carbocycles. The Morgan fingerprint density at radius 1 is 0.684 bits per heavy atom. The van der Waals surface area contributed by atoms with Crippen LogP contribution < -0.4 is 17.3 Å². The molecule has 1 N–H and O–H groups in total. The molecule has 0 bridgehead atoms. The van der Waals surface area contributed by atoms with Crippen LogP contribution in [0.5, 0.6) is 0 Å². The van der Waals surface area contributed by atoms with Crippen molar-refractivity contribution >= 4 is 0 Å². The van der Waals surface area contributed by atoms with Crippen LogP contribution in [0.3, 0.4) is 0 Å². The lowest BCUT2D eigenvalue weighted by molar-refractivity contribution is -0.858. The third-order valence-electron chi connectivity index (χ3n) is 3.59. The van der Waals surface area contributed by atoms with Gasteiger partial charge in [-0.2, -0.15) is 0 Å². The number of unbranched alkanes of at least 4 members (excludes halogenated alkanes) is 11. The average molecular weight is 290 g/mol. The van der Waals surface area contributed by atoms with E-state index in [1.165, 1.54) is 83.6 Å². The summed E-state index contributed by atoms with van der Waals surface area (Å²) < 4.78 is 0. The minimum atomic E-state index is 0. The second-order valence-corrected chi connectivity index (χ2v) is 5.92. The molecule has 0 radical (unpaired) electrons. The first-order valence-electron chi connectivity index (χ1n) is 8.17. The van der Waals surface area contributed by atoms with E-state index in [0.29, 0.717) is 0 Å². The minimum Gasteiger partial charge on any atom is -1.00 e. The SMILES string of the molecule is C=CCCCCCCCCCCCCC[NH+](C)C.[Cl-]. The highest BCUT2D eigenvalue weighted by Gasteiger charge is 1.95. The maximum Gasteiger partial charge on any atom is 0.0766 e. The predicted molar refractivity (Wildman–Crippen MR) is 83.3 cm³/mol. The van der Waals surface area contributed by atoms with E-state index < -0.39 is 0 Å². The van der Waals surface area contributed by atoms with E-state index in [2.05, 4.69) is 20.7 Å². The van der Waals surface area contributed by atoms with E-state index in [9.17, 15) is 0 Å². The zero-order valence-electron chi connectivity index (χ0n) is 13.4. The molecule has 0 fully saturated rings. The van der Waals surface area contributed by atoms with Crippen molar-refractivity contribution in [3.63, 3.8) is 0 Å². The van der Waals surface area contributed by atoms with Crippen LogP contribution in [0.1, 0.15) is 77.0 Å². The number of nitrogens with one attached hydrogen (secondary N) is 1. The summed E-state index contributed by atoms with van der Waals surface area (Å²) >= 11 is 0. The summed E-state index contributed by atoms with van der Waals surface area (Å²) in [5, 5.41) is 0. The number of allylic oxidation sites excluding steroid dienone is 1. The molecule has 0 aliphatic heterocycles. The summed E-state index contributed by atoms with van der Waals surface area (Å²) in [5.41, 5.74) is 0. The Morgan fingerprint density at radius 3 is 1.42 bits per heavy atom. The molecule has 19 heavy (non-hydrogen) atoms. The van der Waals surface area contributed by atoms with Gasteiger partial charge in [0.1, 0.15) is 0 Å². The Kier molecular flexibility index (Phi) is 20.2. The zero-order chi connectivity index (χ0) is 13.5. The van der Waals surface area contributed by atoms with Crippen molar-refractivity contribution in [2.75, 3.05) is 20.6 Å². The smallest absolute Gasteiger partial charge is 0.0766 e. The number of hydrogen-bond donors (Lipinski definition) is 1. The van der Waals surface area contributed by atoms with Crippen molar-refractivity contribution < 1.29 is 17.3 Å². The first kappa shape index (κ1) is 21.3. The lowest BCUT2D eigenvalue weighted by Gasteiger charge is -2.06. The summed E-state index contributed by atoms with van der Waals surface area (Å²) in [4.78, 5) is 1.59. The van der Waals surface area contributed by atoms with Gasteiger partial charge in [0, 0.05) is 0 Å². The number of hydrogen-bond acceptors (Lipinski definition) is 0. The molecule has 0 heterocycles. The number of rotatable bonds is 14. The van der Waals surface area contributed by atoms with Crippen LogP contribution in [0.2, 0.25) is 0 Å². The van der Waals surface area contributed by atoms with E-state index in [-0.39, 0.29) is 12.4 Å². The Morgan fingerprint density at radius 2 is 1.05 bits per heavy atom. The van der Waals surface area contributed by atoms with Crippen LogP contribution >= 0.6 is 0 Å². The molecule has 0 spiro atoms. The molecule has 0 atom stereocenters. The molecular formula is C17H36ClN. The highest BCUT2D eigenvalue weighted by atomic mass is 35.5. The van der Waals surface area contributed by atoms with Crippen molar-refractivity contribution in [2.24, 2.45) is 0 Å². The summed E-state index contributed by atoms with van der Waals surface area (Å²) in [7, 11) is 4.49. The van der Waals surface area contributed by atoms with Crippen molar-refractivity contribution in [3.05, 3.63) is 12.7 Å². The monoisotopic (exact) mass is 289 g/mol. The molecule has 0 aliphatic rings. The molecule has 116 valence electrons. The van der Waals surface area contributed by atoms with Gasteiger partial charge in [-0.15, -0.1) is 6.58 Å². The lowest BCUT2D eigenvalue weighted by atomic mass is 10.1. The van der Waals surface area contributed by atoms with Gasteiger partial charge >= 0.3 is 0 Å². The second-order valence-electron chi connectivity index (χ2n) is 5.92. The van der Waals surface area contributed by atoms with Crippen LogP contribution in [-0.2, 0) is 0 Å². The van der Waals surface area contributed by atoms with Crippen molar-refractivity contribution in [1.82, 2.24) is 0 Å². The molecule has 0 aromatic rings. The van der Waals surface area contributed by atoms with E-state index >= 15 is 0 Å². The molecular weight excluding hydrogens is 254 g/mol. The average Bonchev–Trinajstić information content (AvgIpc) is 2.34. The standard InChI is InChI=1S/C17H35N.ClH/c1-4-5-6-7-8-9-10-11-12-13-14-15-16-17-18(2)3;/h4H,1,5-17H2,2-3H3;1H. The third-order valence-corrected chi connectivity index (χ3v) is 3.59. The summed E-state index contributed by atoms with van der Waals surface area (Å²) in [6, 6.07) is 0. The van der Waals surface area contributed by atoms with Gasteiger partial charge in [0.2, 0.25) is 0 Å². The third kappa shape index (κ3) is 20.5. The summed E-state index contributed by atoms with van der Waals surface area (Å²) in [6.45, 7) is 5.10. The maximum atomic E-state index is 3.76. The Hall–Kier alpha value is -0.0100. The number of quaternary nitrogens is 1. The van der Waals surface area contributed by atoms with Gasteiger partial charge in [0.15, 0.2) is 0 Å². The van der Waals surface area contributed by atoms with Crippen LogP contribution in [0.4, 0.5) is 0 Å². The lowest BCUT2D eigenvalue weighted by Crippen LogP contribution is -3.05. The fraction of sp³-hybridized carbons (Fsp3) is 0.882. The highest BCUT2D eigenvalue weighted by molar-refractivity contribution is 4.65. The van der Waals surface area contributed by atoms with Gasteiger partial charge in [0.05, 0.1) is 20.6 Å². The van der Waals surface area contributed by atoms with Gasteiger partial charge in [0.25, 0.3) is 0 Å². The van der Waals surface area contributed by atoms with Gasteiger partial charge in [-0.25, -0.2) is 0 Å². The van der Waals surface area contributed by atoms with E-state index in [1.54, 1.807) is 4.90 Å². The molecule has 1 nitrogen and oxygen atoms in total. The zero-order valence-corrected chi connectivity index (χ0v) is 14.1. The van der Waals surface area contributed by atoms with Crippen molar-refractivity contribution in [1.29, 1.82) is 0 Å². The van der Waals surface area contributed by atoms with Gasteiger partial charge in [-0.05, 0) is 25.7 Å². The summed E-state index contributed by atoms with van der Waals surface area (Å²) in [6.07, 6.45) is 19.0. The van der Waals surface area contributed by atoms with Gasteiger partial charge in [-0.3, -0.25) is 0 Å². The molecule has 0 amide bonds. The van der Waals surface area contributed by atoms with Crippen molar-refractivity contribution in [3.8, 4) is 0 Å². The fourth-order valence-corrected chi connectivity index (χ4v) is 2.36. The van der Waals surface area contributed by atoms with Gasteiger partial charge < -0.3 is 17.3 Å². The first-order valence-corrected chi connectivity index (χ1v) is 8.17. The van der Waals surface area contributed by atoms with E-state index in [4.69, 9.17) is 0 Å². The number of halogens is 1. The molecule has 0 aromatic carbocycles. The molecule has 0 rings (SSSR count). The largest absolute Gasteiger partial charge is 1.00 e. The normalized spacial score (nSPS) is 10.5. The second kappa shape index (κ2) is 18.0. The highest BCUT2D eigenvalue weighted by Crippen LogP contribution is 2.11. The molecule has 0 aromatic heterocycles. The van der Waals surface area contributed by atoms with Crippen LogP contribution in [0.15, 0.2) is 12.7 Å². The minimum absolute atomic E-state index is 0. The van der Waals surface area contributed by atoms with Gasteiger partial charge in [-0.1, -0.05) is 57.4 Å². The Balaban J connectivity index is 0. The van der Waals surface area contributed by atoms with Crippen LogP contribution in [-0.4, -0.2) is 20.6 Å². The first-order chi connectivity index (χ1) is 8.77. The quantitative estimate of drug-likeness (QED) is 0.360. The molecule has 0 unspecified atom stereocenters. The van der Waals surface area contributed by atoms with Crippen LogP contribution in [0, 0.1) is 0 Å². The molecule has 2 heteroatoms. The maximum absolute atomic E-state index is 3.76. The van der Waals surface area contributed by atoms with Crippen LogP contribution in [0.25, 0.3) is 0 Å². The van der Waals surface area contributed by atoms with E-state index in [0.717, 1.165) is 0 Å². The molecule has 0 saturated carbocycles. The fourth-order valence-electron chi connectivity index (χ4n) is 2.36. The topological polar surface area (TPSA) is 4.44 Å². The Labute approximate surface area is 128 Å². The Bertz CT molecular complexity index is 169. The van der Waals surface area contributed by atoms with Crippen molar-refractivity contribution in [2.45, 2.75) is 77.0 Å². The summed E-state index contributed by atoms with van der Waals surface area (Å²) in [5.74, 6) is 0. The molecule has 0 saturated heterocycles. The van der Waals surface area contributed by atoms with E-state index in [1.807, 2.05) is 6.08 Å².